The summed E-state index contributed by atoms with van der Waals surface area (Å²) in [4.78, 5) is 37.3. The normalized spacial score (nSPS) is 11.9. The number of carboxylic acid groups (broad SMARTS) is 1. The SMILES string of the molecule is CCC[C@@H](NC(=O)c1c(C)cc(C)[nH]c1=O)C(=O)O. The van der Waals surface area contributed by atoms with Crippen molar-refractivity contribution in [1.29, 1.82) is 0 Å². The zero-order chi connectivity index (χ0) is 14.6. The molecule has 104 valence electrons. The van der Waals surface area contributed by atoms with Gasteiger partial charge in [-0.05, 0) is 31.9 Å². The molecule has 0 aromatic carbocycles. The van der Waals surface area contributed by atoms with E-state index in [9.17, 15) is 14.4 Å². The Hall–Kier alpha value is -2.11. The molecule has 6 nitrogen and oxygen atoms in total. The van der Waals surface area contributed by atoms with E-state index in [4.69, 9.17) is 5.11 Å². The number of hydrogen-bond donors (Lipinski definition) is 3. The third-order valence-corrected chi connectivity index (χ3v) is 2.77. The smallest absolute Gasteiger partial charge is 0.326 e. The number of carboxylic acids is 1. The van der Waals surface area contributed by atoms with Gasteiger partial charge in [0, 0.05) is 5.69 Å². The molecule has 0 bridgehead atoms. The van der Waals surface area contributed by atoms with Crippen LogP contribution in [0.25, 0.3) is 0 Å². The van der Waals surface area contributed by atoms with Crippen LogP contribution in [0.3, 0.4) is 0 Å². The van der Waals surface area contributed by atoms with E-state index in [2.05, 4.69) is 10.3 Å². The first kappa shape index (κ1) is 14.9. The predicted molar refractivity (Wildman–Crippen MR) is 70.3 cm³/mol. The minimum atomic E-state index is -1.10. The van der Waals surface area contributed by atoms with E-state index in [1.165, 1.54) is 0 Å². The van der Waals surface area contributed by atoms with E-state index in [0.717, 1.165) is 0 Å². The number of aromatic amines is 1. The fraction of sp³-hybridized carbons (Fsp3) is 0.462. The summed E-state index contributed by atoms with van der Waals surface area (Å²) in [5.41, 5.74) is 0.644. The van der Waals surface area contributed by atoms with Crippen LogP contribution in [0, 0.1) is 13.8 Å². The van der Waals surface area contributed by atoms with Crippen molar-refractivity contribution >= 4 is 11.9 Å². The number of H-pyrrole nitrogens is 1. The van der Waals surface area contributed by atoms with Crippen molar-refractivity contribution in [2.75, 3.05) is 0 Å². The highest BCUT2D eigenvalue weighted by atomic mass is 16.4. The summed E-state index contributed by atoms with van der Waals surface area (Å²) in [5.74, 6) is -1.75. The average molecular weight is 266 g/mol. The number of aryl methyl sites for hydroxylation is 2. The lowest BCUT2D eigenvalue weighted by molar-refractivity contribution is -0.139. The van der Waals surface area contributed by atoms with Crippen molar-refractivity contribution in [2.45, 2.75) is 39.7 Å². The largest absolute Gasteiger partial charge is 0.480 e. The number of pyridine rings is 1. The molecule has 1 aromatic heterocycles. The summed E-state index contributed by atoms with van der Waals surface area (Å²) in [6.07, 6.45) is 0.949. The quantitative estimate of drug-likeness (QED) is 0.739. The Morgan fingerprint density at radius 1 is 1.42 bits per heavy atom. The third kappa shape index (κ3) is 3.67. The van der Waals surface area contributed by atoms with Gasteiger partial charge in [-0.2, -0.15) is 0 Å². The van der Waals surface area contributed by atoms with Crippen LogP contribution in [0.1, 0.15) is 41.4 Å². The maximum Gasteiger partial charge on any atom is 0.326 e. The average Bonchev–Trinajstić information content (AvgIpc) is 2.26. The van der Waals surface area contributed by atoms with Crippen LogP contribution in [0.4, 0.5) is 0 Å². The zero-order valence-corrected chi connectivity index (χ0v) is 11.2. The number of rotatable bonds is 5. The third-order valence-electron chi connectivity index (χ3n) is 2.77. The van der Waals surface area contributed by atoms with Gasteiger partial charge < -0.3 is 15.4 Å². The minimum absolute atomic E-state index is 0.0343. The highest BCUT2D eigenvalue weighted by Gasteiger charge is 2.22. The second-order valence-corrected chi connectivity index (χ2v) is 4.49. The molecular formula is C13H18N2O4. The molecule has 19 heavy (non-hydrogen) atoms. The molecule has 1 atom stereocenters. The topological polar surface area (TPSA) is 99.3 Å². The van der Waals surface area contributed by atoms with Crippen LogP contribution in [0.15, 0.2) is 10.9 Å². The van der Waals surface area contributed by atoms with Crippen LogP contribution >= 0.6 is 0 Å². The van der Waals surface area contributed by atoms with Crippen LogP contribution in [-0.4, -0.2) is 28.0 Å². The summed E-state index contributed by atoms with van der Waals surface area (Å²) >= 11 is 0. The lowest BCUT2D eigenvalue weighted by atomic mass is 10.1. The molecule has 6 heteroatoms. The van der Waals surface area contributed by atoms with E-state index in [0.29, 0.717) is 24.1 Å². The summed E-state index contributed by atoms with van der Waals surface area (Å²) < 4.78 is 0. The van der Waals surface area contributed by atoms with Crippen molar-refractivity contribution in [3.63, 3.8) is 0 Å². The Kier molecular flexibility index (Phi) is 4.86. The van der Waals surface area contributed by atoms with Crippen molar-refractivity contribution in [1.82, 2.24) is 10.3 Å². The number of carbonyl (C=O) groups is 2. The van der Waals surface area contributed by atoms with Gasteiger partial charge >= 0.3 is 5.97 Å². The maximum atomic E-state index is 12.0. The molecular weight excluding hydrogens is 248 g/mol. The van der Waals surface area contributed by atoms with Crippen molar-refractivity contribution in [3.05, 3.63) is 33.2 Å². The minimum Gasteiger partial charge on any atom is -0.480 e. The molecule has 0 saturated carbocycles. The molecule has 0 fully saturated rings. The van der Waals surface area contributed by atoms with Crippen LogP contribution in [0.5, 0.6) is 0 Å². The number of aromatic nitrogens is 1. The first-order chi connectivity index (χ1) is 8.86. The van der Waals surface area contributed by atoms with E-state index < -0.39 is 23.5 Å². The molecule has 0 aliphatic heterocycles. The Labute approximate surface area is 110 Å². The summed E-state index contributed by atoms with van der Waals surface area (Å²) in [7, 11) is 0. The number of carbonyl (C=O) groups excluding carboxylic acids is 1. The van der Waals surface area contributed by atoms with Gasteiger partial charge in [-0.15, -0.1) is 0 Å². The van der Waals surface area contributed by atoms with E-state index in [1.54, 1.807) is 19.9 Å². The van der Waals surface area contributed by atoms with E-state index >= 15 is 0 Å². The standard InChI is InChI=1S/C13H18N2O4/c1-4-5-9(13(18)19)15-12(17)10-7(2)6-8(3)14-11(10)16/h6,9H,4-5H2,1-3H3,(H,14,16)(H,15,17)(H,18,19)/t9-/m1/s1. The fourth-order valence-corrected chi connectivity index (χ4v) is 1.91. The zero-order valence-electron chi connectivity index (χ0n) is 11.2. The second-order valence-electron chi connectivity index (χ2n) is 4.49. The molecule has 0 saturated heterocycles. The number of hydrogen-bond acceptors (Lipinski definition) is 3. The van der Waals surface area contributed by atoms with Crippen LogP contribution in [0.2, 0.25) is 0 Å². The second kappa shape index (κ2) is 6.17. The molecule has 1 amide bonds. The predicted octanol–water partition coefficient (Wildman–Crippen LogP) is 0.975. The molecule has 0 aliphatic rings. The summed E-state index contributed by atoms with van der Waals surface area (Å²) in [5, 5.41) is 11.4. The highest BCUT2D eigenvalue weighted by Crippen LogP contribution is 2.05. The Morgan fingerprint density at radius 2 is 2.05 bits per heavy atom. The summed E-state index contributed by atoms with van der Waals surface area (Å²) in [6, 6.07) is 0.698. The Morgan fingerprint density at radius 3 is 2.53 bits per heavy atom. The van der Waals surface area contributed by atoms with Crippen molar-refractivity contribution < 1.29 is 14.7 Å². The van der Waals surface area contributed by atoms with Crippen LogP contribution < -0.4 is 10.9 Å². The molecule has 0 radical (unpaired) electrons. The Bertz CT molecular complexity index is 548. The van der Waals surface area contributed by atoms with Gasteiger partial charge in [0.25, 0.3) is 11.5 Å². The van der Waals surface area contributed by atoms with E-state index in [1.807, 2.05) is 6.92 Å². The number of aliphatic carboxylic acids is 1. The molecule has 1 heterocycles. The number of amides is 1. The van der Waals surface area contributed by atoms with Crippen LogP contribution in [-0.2, 0) is 4.79 Å². The molecule has 0 unspecified atom stereocenters. The fourth-order valence-electron chi connectivity index (χ4n) is 1.91. The molecule has 0 spiro atoms. The lowest BCUT2D eigenvalue weighted by Gasteiger charge is -2.14. The van der Waals surface area contributed by atoms with Gasteiger partial charge in [0.05, 0.1) is 0 Å². The van der Waals surface area contributed by atoms with Gasteiger partial charge in [-0.25, -0.2) is 4.79 Å². The lowest BCUT2D eigenvalue weighted by Crippen LogP contribution is -2.42. The van der Waals surface area contributed by atoms with Crippen molar-refractivity contribution in [3.8, 4) is 0 Å². The highest BCUT2D eigenvalue weighted by molar-refractivity contribution is 5.97. The molecule has 1 rings (SSSR count). The van der Waals surface area contributed by atoms with Gasteiger partial charge in [-0.1, -0.05) is 13.3 Å². The van der Waals surface area contributed by atoms with E-state index in [-0.39, 0.29) is 5.56 Å². The van der Waals surface area contributed by atoms with Gasteiger partial charge in [-0.3, -0.25) is 9.59 Å². The van der Waals surface area contributed by atoms with Crippen molar-refractivity contribution in [2.24, 2.45) is 0 Å². The van der Waals surface area contributed by atoms with Gasteiger partial charge in [0.15, 0.2) is 0 Å². The monoisotopic (exact) mass is 266 g/mol. The summed E-state index contributed by atoms with van der Waals surface area (Å²) in [6.45, 7) is 5.19. The first-order valence-corrected chi connectivity index (χ1v) is 6.11. The number of nitrogens with one attached hydrogen (secondary N) is 2. The Balaban J connectivity index is 3.01. The van der Waals surface area contributed by atoms with Gasteiger partial charge in [0.1, 0.15) is 11.6 Å². The first-order valence-electron chi connectivity index (χ1n) is 6.11. The molecule has 3 N–H and O–H groups in total. The molecule has 0 aliphatic carbocycles. The molecule has 1 aromatic rings. The van der Waals surface area contributed by atoms with Gasteiger partial charge in [0.2, 0.25) is 0 Å². The maximum absolute atomic E-state index is 12.0.